The Balaban J connectivity index is 0.00000144. The lowest BCUT2D eigenvalue weighted by atomic mass is 10.3. The first-order valence-corrected chi connectivity index (χ1v) is 5.20. The molecule has 0 fully saturated rings. The minimum atomic E-state index is -0.0528. The smallest absolute Gasteiger partial charge is 0.221 e. The summed E-state index contributed by atoms with van der Waals surface area (Å²) in [4.78, 5) is 18.7. The molecular formula is C11H16Cl2N4O. The van der Waals surface area contributed by atoms with Crippen molar-refractivity contribution in [3.8, 4) is 0 Å². The zero-order chi connectivity index (χ0) is 11.4. The van der Waals surface area contributed by atoms with Crippen LogP contribution in [0.5, 0.6) is 0 Å². The molecule has 0 aliphatic heterocycles. The summed E-state index contributed by atoms with van der Waals surface area (Å²) in [5.74, 6) is 0.703. The lowest BCUT2D eigenvalue weighted by Crippen LogP contribution is -2.25. The average Bonchev–Trinajstić information content (AvgIpc) is 2.69. The van der Waals surface area contributed by atoms with Gasteiger partial charge in [-0.25, -0.2) is 4.98 Å². The van der Waals surface area contributed by atoms with E-state index in [1.165, 1.54) is 0 Å². The fourth-order valence-corrected chi connectivity index (χ4v) is 1.49. The van der Waals surface area contributed by atoms with E-state index in [4.69, 9.17) is 5.73 Å². The number of H-pyrrole nitrogens is 1. The van der Waals surface area contributed by atoms with Crippen molar-refractivity contribution < 1.29 is 4.79 Å². The number of amides is 1. The molecule has 4 N–H and O–H groups in total. The van der Waals surface area contributed by atoms with Gasteiger partial charge in [0.25, 0.3) is 0 Å². The third kappa shape index (κ3) is 4.18. The molecule has 1 aromatic carbocycles. The second-order valence-electron chi connectivity index (χ2n) is 3.52. The second-order valence-corrected chi connectivity index (χ2v) is 3.52. The van der Waals surface area contributed by atoms with E-state index in [2.05, 4.69) is 15.3 Å². The highest BCUT2D eigenvalue weighted by atomic mass is 35.5. The number of para-hydroxylation sites is 2. The van der Waals surface area contributed by atoms with Crippen LogP contribution in [0.4, 0.5) is 0 Å². The normalized spacial score (nSPS) is 9.39. The maximum atomic E-state index is 11.2. The van der Waals surface area contributed by atoms with Gasteiger partial charge in [0.1, 0.15) is 5.82 Å². The maximum absolute atomic E-state index is 11.2. The van der Waals surface area contributed by atoms with E-state index < -0.39 is 0 Å². The van der Waals surface area contributed by atoms with Crippen LogP contribution in [0.15, 0.2) is 24.3 Å². The van der Waals surface area contributed by atoms with E-state index in [1.807, 2.05) is 24.3 Å². The average molecular weight is 291 g/mol. The lowest BCUT2D eigenvalue weighted by molar-refractivity contribution is -0.121. The van der Waals surface area contributed by atoms with Gasteiger partial charge in [0.15, 0.2) is 0 Å². The quantitative estimate of drug-likeness (QED) is 0.795. The third-order valence-electron chi connectivity index (χ3n) is 2.26. The number of carbonyl (C=O) groups excluding carboxylic acids is 1. The fourth-order valence-electron chi connectivity index (χ4n) is 1.49. The molecular weight excluding hydrogens is 275 g/mol. The Bertz CT molecular complexity index is 468. The lowest BCUT2D eigenvalue weighted by Gasteiger charge is -2.00. The number of aromatic amines is 1. The molecule has 100 valence electrons. The van der Waals surface area contributed by atoms with Crippen LogP contribution in [0.3, 0.4) is 0 Å². The number of halogens is 2. The molecule has 7 heteroatoms. The number of carbonyl (C=O) groups is 1. The molecule has 0 aliphatic rings. The van der Waals surface area contributed by atoms with Crippen LogP contribution in [0, 0.1) is 0 Å². The van der Waals surface area contributed by atoms with Gasteiger partial charge in [-0.15, -0.1) is 24.8 Å². The van der Waals surface area contributed by atoms with Gasteiger partial charge in [-0.3, -0.25) is 4.79 Å². The first kappa shape index (κ1) is 16.7. The molecule has 0 bridgehead atoms. The monoisotopic (exact) mass is 290 g/mol. The summed E-state index contributed by atoms with van der Waals surface area (Å²) >= 11 is 0. The SMILES string of the molecule is Cl.Cl.NCCC(=O)NCc1nc2ccccc2[nH]1. The first-order valence-electron chi connectivity index (χ1n) is 5.20. The molecule has 0 radical (unpaired) electrons. The van der Waals surface area contributed by atoms with Gasteiger partial charge in [-0.1, -0.05) is 12.1 Å². The number of aromatic nitrogens is 2. The van der Waals surface area contributed by atoms with Crippen molar-refractivity contribution in [1.29, 1.82) is 0 Å². The Morgan fingerprint density at radius 2 is 2.06 bits per heavy atom. The van der Waals surface area contributed by atoms with E-state index in [9.17, 15) is 4.79 Å². The van der Waals surface area contributed by atoms with Gasteiger partial charge in [0, 0.05) is 13.0 Å². The zero-order valence-corrected chi connectivity index (χ0v) is 11.3. The zero-order valence-electron chi connectivity index (χ0n) is 9.68. The molecule has 2 aromatic rings. The number of nitrogens with two attached hydrogens (primary N) is 1. The minimum Gasteiger partial charge on any atom is -0.349 e. The van der Waals surface area contributed by atoms with E-state index in [-0.39, 0.29) is 30.7 Å². The van der Waals surface area contributed by atoms with Gasteiger partial charge in [-0.05, 0) is 12.1 Å². The Hall–Kier alpha value is -1.30. The number of hydrogen-bond donors (Lipinski definition) is 3. The number of rotatable bonds is 4. The fraction of sp³-hybridized carbons (Fsp3) is 0.273. The molecule has 1 heterocycles. The summed E-state index contributed by atoms with van der Waals surface area (Å²) in [6.07, 6.45) is 0.347. The highest BCUT2D eigenvalue weighted by molar-refractivity contribution is 5.85. The van der Waals surface area contributed by atoms with Crippen molar-refractivity contribution in [3.63, 3.8) is 0 Å². The molecule has 0 unspecified atom stereocenters. The largest absolute Gasteiger partial charge is 0.349 e. The topological polar surface area (TPSA) is 83.8 Å². The third-order valence-corrected chi connectivity index (χ3v) is 2.26. The van der Waals surface area contributed by atoms with Crippen molar-refractivity contribution in [1.82, 2.24) is 15.3 Å². The predicted molar refractivity (Wildman–Crippen MR) is 76.1 cm³/mol. The standard InChI is InChI=1S/C11H14N4O.2ClH/c12-6-5-11(16)13-7-10-14-8-3-1-2-4-9(8)15-10;;/h1-4H,5-7,12H2,(H,13,16)(H,14,15);2*1H. The number of fused-ring (bicyclic) bond motifs is 1. The van der Waals surface area contributed by atoms with E-state index >= 15 is 0 Å². The van der Waals surface area contributed by atoms with Crippen molar-refractivity contribution in [2.75, 3.05) is 6.54 Å². The van der Waals surface area contributed by atoms with E-state index in [1.54, 1.807) is 0 Å². The molecule has 0 saturated carbocycles. The van der Waals surface area contributed by atoms with Crippen LogP contribution in [0.2, 0.25) is 0 Å². The number of benzene rings is 1. The number of hydrogen-bond acceptors (Lipinski definition) is 3. The molecule has 0 spiro atoms. The predicted octanol–water partition coefficient (Wildman–Crippen LogP) is 1.37. The Morgan fingerprint density at radius 1 is 1.33 bits per heavy atom. The number of nitrogens with one attached hydrogen (secondary N) is 2. The van der Waals surface area contributed by atoms with E-state index in [0.29, 0.717) is 19.5 Å². The molecule has 0 aliphatic carbocycles. The molecule has 1 aromatic heterocycles. The van der Waals surface area contributed by atoms with Gasteiger partial charge in [0.05, 0.1) is 17.6 Å². The van der Waals surface area contributed by atoms with Crippen LogP contribution in [0.25, 0.3) is 11.0 Å². The van der Waals surface area contributed by atoms with Crippen molar-refractivity contribution in [3.05, 3.63) is 30.1 Å². The summed E-state index contributed by atoms with van der Waals surface area (Å²) in [6.45, 7) is 0.777. The molecule has 0 atom stereocenters. The summed E-state index contributed by atoms with van der Waals surface area (Å²) in [5.41, 5.74) is 7.16. The van der Waals surface area contributed by atoms with Gasteiger partial charge in [0.2, 0.25) is 5.91 Å². The number of nitrogens with zero attached hydrogens (tertiary/aromatic N) is 1. The van der Waals surface area contributed by atoms with Crippen molar-refractivity contribution in [2.45, 2.75) is 13.0 Å². The van der Waals surface area contributed by atoms with Gasteiger partial charge in [-0.2, -0.15) is 0 Å². The van der Waals surface area contributed by atoms with Crippen molar-refractivity contribution in [2.24, 2.45) is 5.73 Å². The maximum Gasteiger partial charge on any atom is 0.221 e. The highest BCUT2D eigenvalue weighted by Crippen LogP contribution is 2.09. The Morgan fingerprint density at radius 3 is 2.72 bits per heavy atom. The van der Waals surface area contributed by atoms with Crippen LogP contribution < -0.4 is 11.1 Å². The van der Waals surface area contributed by atoms with Crippen LogP contribution in [0.1, 0.15) is 12.2 Å². The number of imidazole rings is 1. The summed E-state index contributed by atoms with van der Waals surface area (Å²) < 4.78 is 0. The Labute approximate surface area is 117 Å². The van der Waals surface area contributed by atoms with Crippen LogP contribution >= 0.6 is 24.8 Å². The Kier molecular flexibility index (Phi) is 7.35. The van der Waals surface area contributed by atoms with Gasteiger partial charge >= 0.3 is 0 Å². The molecule has 1 amide bonds. The minimum absolute atomic E-state index is 0. The molecule has 0 saturated heterocycles. The van der Waals surface area contributed by atoms with E-state index in [0.717, 1.165) is 16.9 Å². The second kappa shape index (κ2) is 7.92. The highest BCUT2D eigenvalue weighted by Gasteiger charge is 2.03. The van der Waals surface area contributed by atoms with Gasteiger partial charge < -0.3 is 16.0 Å². The van der Waals surface area contributed by atoms with Crippen molar-refractivity contribution >= 4 is 41.8 Å². The molecule has 18 heavy (non-hydrogen) atoms. The summed E-state index contributed by atoms with van der Waals surface area (Å²) in [6, 6.07) is 7.75. The summed E-state index contributed by atoms with van der Waals surface area (Å²) in [7, 11) is 0. The van der Waals surface area contributed by atoms with Crippen LogP contribution in [-0.2, 0) is 11.3 Å². The molecule has 2 rings (SSSR count). The van der Waals surface area contributed by atoms with Crippen LogP contribution in [-0.4, -0.2) is 22.4 Å². The summed E-state index contributed by atoms with van der Waals surface area (Å²) in [5, 5.41) is 2.75. The first-order chi connectivity index (χ1) is 7.79. The molecule has 5 nitrogen and oxygen atoms in total.